The van der Waals surface area contributed by atoms with Crippen molar-refractivity contribution in [3.63, 3.8) is 0 Å². The van der Waals surface area contributed by atoms with Crippen LogP contribution in [0.3, 0.4) is 0 Å². The molecule has 0 spiro atoms. The first-order valence-electron chi connectivity index (χ1n) is 5.37. The van der Waals surface area contributed by atoms with E-state index in [4.69, 9.17) is 14.2 Å². The second-order valence-electron chi connectivity index (χ2n) is 2.90. The molecule has 15 heavy (non-hydrogen) atoms. The number of hydrogen-bond donors (Lipinski definition) is 0. The van der Waals surface area contributed by atoms with E-state index >= 15 is 0 Å². The lowest BCUT2D eigenvalue weighted by molar-refractivity contribution is 0.0252. The van der Waals surface area contributed by atoms with Crippen LogP contribution < -0.4 is 0 Å². The van der Waals surface area contributed by atoms with E-state index in [-0.39, 0.29) is 0 Å². The fourth-order valence-corrected chi connectivity index (χ4v) is 0.833. The van der Waals surface area contributed by atoms with Gasteiger partial charge in [-0.15, -0.1) is 0 Å². The maximum Gasteiger partial charge on any atom is 0.0704 e. The fourth-order valence-electron chi connectivity index (χ4n) is 0.833. The normalized spacial score (nSPS) is 11.9. The predicted molar refractivity (Wildman–Crippen MR) is 62.1 cm³/mol. The van der Waals surface area contributed by atoms with Crippen LogP contribution in [0.5, 0.6) is 0 Å². The quantitative estimate of drug-likeness (QED) is 0.412. The predicted octanol–water partition coefficient (Wildman–Crippen LogP) is 2.19. The van der Waals surface area contributed by atoms with E-state index in [0.717, 1.165) is 0 Å². The van der Waals surface area contributed by atoms with Crippen LogP contribution in [0.4, 0.5) is 0 Å². The van der Waals surface area contributed by atoms with E-state index in [2.05, 4.69) is 0 Å². The Kier molecular flexibility index (Phi) is 12.8. The molecule has 0 fully saturated rings. The molecule has 0 aromatic rings. The highest BCUT2D eigenvalue weighted by molar-refractivity contribution is 4.76. The second kappa shape index (κ2) is 13.4. The van der Waals surface area contributed by atoms with Gasteiger partial charge in [0.25, 0.3) is 0 Å². The van der Waals surface area contributed by atoms with Gasteiger partial charge in [-0.1, -0.05) is 24.3 Å². The average molecular weight is 214 g/mol. The first-order chi connectivity index (χ1) is 7.41. The minimum Gasteiger partial charge on any atom is -0.377 e. The van der Waals surface area contributed by atoms with Crippen molar-refractivity contribution >= 4 is 0 Å². The summed E-state index contributed by atoms with van der Waals surface area (Å²) in [5.74, 6) is 0. The van der Waals surface area contributed by atoms with Crippen LogP contribution in [0.2, 0.25) is 0 Å². The van der Waals surface area contributed by atoms with Gasteiger partial charge >= 0.3 is 0 Å². The Morgan fingerprint density at radius 2 is 1.07 bits per heavy atom. The molecule has 3 heteroatoms. The maximum absolute atomic E-state index is 5.30. The molecule has 3 nitrogen and oxygen atoms in total. The standard InChI is InChI=1S/C12H22O3/c1-3-5-7-13-9-11-15-12-10-14-8-6-4-2/h3-6H,7-12H2,1-2H3/b5-3+,6-4+. The van der Waals surface area contributed by atoms with E-state index in [1.54, 1.807) is 0 Å². The van der Waals surface area contributed by atoms with Crippen LogP contribution in [-0.2, 0) is 14.2 Å². The van der Waals surface area contributed by atoms with Crippen LogP contribution in [-0.4, -0.2) is 39.6 Å². The highest BCUT2D eigenvalue weighted by Gasteiger charge is 1.88. The van der Waals surface area contributed by atoms with E-state index in [0.29, 0.717) is 39.6 Å². The molecular weight excluding hydrogens is 192 g/mol. The van der Waals surface area contributed by atoms with Gasteiger partial charge in [0.15, 0.2) is 0 Å². The van der Waals surface area contributed by atoms with Crippen molar-refractivity contribution in [2.24, 2.45) is 0 Å². The molecule has 0 heterocycles. The van der Waals surface area contributed by atoms with Crippen molar-refractivity contribution in [2.75, 3.05) is 39.6 Å². The minimum absolute atomic E-state index is 0.629. The van der Waals surface area contributed by atoms with Gasteiger partial charge < -0.3 is 14.2 Å². The molecule has 0 saturated carbocycles. The summed E-state index contributed by atoms with van der Waals surface area (Å²) in [6, 6.07) is 0. The Bertz CT molecular complexity index is 146. The number of hydrogen-bond acceptors (Lipinski definition) is 3. The monoisotopic (exact) mass is 214 g/mol. The molecule has 0 bridgehead atoms. The zero-order chi connectivity index (χ0) is 11.2. The second-order valence-corrected chi connectivity index (χ2v) is 2.90. The van der Waals surface area contributed by atoms with Crippen LogP contribution in [0, 0.1) is 0 Å². The first kappa shape index (κ1) is 14.4. The summed E-state index contributed by atoms with van der Waals surface area (Å²) in [6.07, 6.45) is 7.88. The smallest absolute Gasteiger partial charge is 0.0704 e. The van der Waals surface area contributed by atoms with Crippen LogP contribution >= 0.6 is 0 Å². The van der Waals surface area contributed by atoms with Crippen molar-refractivity contribution in [2.45, 2.75) is 13.8 Å². The highest BCUT2D eigenvalue weighted by Crippen LogP contribution is 1.82. The topological polar surface area (TPSA) is 27.7 Å². The summed E-state index contributed by atoms with van der Waals surface area (Å²) in [7, 11) is 0. The van der Waals surface area contributed by atoms with Gasteiger partial charge in [-0.25, -0.2) is 0 Å². The largest absolute Gasteiger partial charge is 0.377 e. The van der Waals surface area contributed by atoms with Crippen molar-refractivity contribution in [3.8, 4) is 0 Å². The number of allylic oxidation sites excluding steroid dienone is 2. The third kappa shape index (κ3) is 13.4. The maximum atomic E-state index is 5.30. The molecule has 0 saturated heterocycles. The van der Waals surface area contributed by atoms with Gasteiger partial charge in [0.2, 0.25) is 0 Å². The fraction of sp³-hybridized carbons (Fsp3) is 0.667. The van der Waals surface area contributed by atoms with Crippen LogP contribution in [0.1, 0.15) is 13.8 Å². The Hall–Kier alpha value is -0.640. The summed E-state index contributed by atoms with van der Waals surface area (Å²) in [5, 5.41) is 0. The van der Waals surface area contributed by atoms with Gasteiger partial charge in [-0.2, -0.15) is 0 Å². The Morgan fingerprint density at radius 3 is 1.47 bits per heavy atom. The molecule has 0 unspecified atom stereocenters. The molecule has 0 aromatic heterocycles. The van der Waals surface area contributed by atoms with Crippen molar-refractivity contribution in [1.29, 1.82) is 0 Å². The number of rotatable bonds is 10. The zero-order valence-corrected chi connectivity index (χ0v) is 9.78. The molecule has 0 aliphatic heterocycles. The van der Waals surface area contributed by atoms with E-state index < -0.39 is 0 Å². The Labute approximate surface area is 92.7 Å². The summed E-state index contributed by atoms with van der Waals surface area (Å²) < 4.78 is 15.8. The molecule has 0 N–H and O–H groups in total. The average Bonchev–Trinajstić information content (AvgIpc) is 2.26. The van der Waals surface area contributed by atoms with Crippen molar-refractivity contribution in [3.05, 3.63) is 24.3 Å². The summed E-state index contributed by atoms with van der Waals surface area (Å²) in [4.78, 5) is 0. The molecule has 0 aliphatic carbocycles. The van der Waals surface area contributed by atoms with Gasteiger partial charge in [0.1, 0.15) is 0 Å². The molecule has 0 rings (SSSR count). The van der Waals surface area contributed by atoms with E-state index in [1.165, 1.54) is 0 Å². The molecule has 0 aliphatic rings. The van der Waals surface area contributed by atoms with Gasteiger partial charge in [-0.3, -0.25) is 0 Å². The minimum atomic E-state index is 0.629. The molecule has 88 valence electrons. The first-order valence-corrected chi connectivity index (χ1v) is 5.37. The van der Waals surface area contributed by atoms with Crippen molar-refractivity contribution in [1.82, 2.24) is 0 Å². The van der Waals surface area contributed by atoms with Crippen molar-refractivity contribution < 1.29 is 14.2 Å². The highest BCUT2D eigenvalue weighted by atomic mass is 16.5. The van der Waals surface area contributed by atoms with Gasteiger partial charge in [0, 0.05) is 0 Å². The molecular formula is C12H22O3. The lowest BCUT2D eigenvalue weighted by Crippen LogP contribution is -2.09. The molecule has 0 radical (unpaired) electrons. The third-order valence-electron chi connectivity index (χ3n) is 1.64. The lowest BCUT2D eigenvalue weighted by Gasteiger charge is -2.04. The zero-order valence-electron chi connectivity index (χ0n) is 9.78. The Balaban J connectivity index is 2.92. The Morgan fingerprint density at radius 1 is 0.667 bits per heavy atom. The van der Waals surface area contributed by atoms with Gasteiger partial charge in [-0.05, 0) is 13.8 Å². The molecule has 0 amide bonds. The third-order valence-corrected chi connectivity index (χ3v) is 1.64. The lowest BCUT2D eigenvalue weighted by atomic mass is 10.5. The van der Waals surface area contributed by atoms with E-state index in [1.807, 2.05) is 38.2 Å². The summed E-state index contributed by atoms with van der Waals surface area (Å²) in [5.41, 5.74) is 0. The number of ether oxygens (including phenoxy) is 3. The molecule has 0 atom stereocenters. The van der Waals surface area contributed by atoms with E-state index in [9.17, 15) is 0 Å². The molecule has 0 aromatic carbocycles. The van der Waals surface area contributed by atoms with Crippen LogP contribution in [0.25, 0.3) is 0 Å². The summed E-state index contributed by atoms with van der Waals surface area (Å²) in [6.45, 7) is 7.81. The van der Waals surface area contributed by atoms with Crippen LogP contribution in [0.15, 0.2) is 24.3 Å². The summed E-state index contributed by atoms with van der Waals surface area (Å²) >= 11 is 0. The van der Waals surface area contributed by atoms with Gasteiger partial charge in [0.05, 0.1) is 39.6 Å². The SMILES string of the molecule is C/C=C/COCCOCCOC/C=C/C.